The summed E-state index contributed by atoms with van der Waals surface area (Å²) >= 11 is 0. The molecule has 236 valence electrons. The summed E-state index contributed by atoms with van der Waals surface area (Å²) in [7, 11) is 1.69. The van der Waals surface area contributed by atoms with Crippen LogP contribution in [0.4, 0.5) is 26.7 Å². The second-order valence-electron chi connectivity index (χ2n) is 11.4. The Morgan fingerprint density at radius 1 is 1.09 bits per heavy atom. The van der Waals surface area contributed by atoms with Crippen molar-refractivity contribution in [2.75, 3.05) is 42.7 Å². The van der Waals surface area contributed by atoms with Gasteiger partial charge in [-0.25, -0.2) is 9.59 Å². The molecule has 3 atom stereocenters. The van der Waals surface area contributed by atoms with Gasteiger partial charge < -0.3 is 40.1 Å². The number of urea groups is 2. The molecule has 12 nitrogen and oxygen atoms in total. The van der Waals surface area contributed by atoms with Gasteiger partial charge in [-0.3, -0.25) is 4.79 Å². The van der Waals surface area contributed by atoms with Crippen LogP contribution in [0.5, 0.6) is 5.75 Å². The molecular weight excluding hydrogens is 576 g/mol. The van der Waals surface area contributed by atoms with Crippen molar-refractivity contribution in [3.63, 3.8) is 0 Å². The Labute approximate surface area is 261 Å². The first-order valence-corrected chi connectivity index (χ1v) is 14.8. The summed E-state index contributed by atoms with van der Waals surface area (Å²) in [4.78, 5) is 43.0. The van der Waals surface area contributed by atoms with E-state index in [1.54, 1.807) is 55.8 Å². The van der Waals surface area contributed by atoms with Crippen LogP contribution in [0.25, 0.3) is 10.8 Å². The maximum Gasteiger partial charge on any atom is 0.323 e. The number of aliphatic hydroxyl groups excluding tert-OH is 1. The van der Waals surface area contributed by atoms with Crippen LogP contribution in [0.3, 0.4) is 0 Å². The van der Waals surface area contributed by atoms with E-state index in [1.165, 1.54) is 0 Å². The second kappa shape index (κ2) is 13.3. The van der Waals surface area contributed by atoms with Crippen molar-refractivity contribution >= 4 is 45.8 Å². The molecule has 45 heavy (non-hydrogen) atoms. The molecule has 1 aliphatic rings. The van der Waals surface area contributed by atoms with E-state index in [-0.39, 0.29) is 43.1 Å². The van der Waals surface area contributed by atoms with Crippen LogP contribution >= 0.6 is 0 Å². The fourth-order valence-electron chi connectivity index (χ4n) is 5.35. The number of nitrogens with zero attached hydrogens (tertiary/aromatic N) is 3. The summed E-state index contributed by atoms with van der Waals surface area (Å²) in [5.74, 6) is 0.247. The van der Waals surface area contributed by atoms with Gasteiger partial charge in [0.05, 0.1) is 30.4 Å². The fraction of sp³-hybridized carbons (Fsp3) is 0.333. The van der Waals surface area contributed by atoms with Crippen LogP contribution in [-0.2, 0) is 0 Å². The molecule has 3 aromatic carbocycles. The minimum atomic E-state index is -0.533. The number of rotatable bonds is 7. The monoisotopic (exact) mass is 614 g/mol. The first kappa shape index (κ1) is 31.3. The fourth-order valence-corrected chi connectivity index (χ4v) is 5.35. The maximum absolute atomic E-state index is 13.8. The van der Waals surface area contributed by atoms with Crippen molar-refractivity contribution < 1.29 is 28.8 Å². The van der Waals surface area contributed by atoms with Crippen molar-refractivity contribution in [3.8, 4) is 5.75 Å². The van der Waals surface area contributed by atoms with Crippen molar-refractivity contribution in [1.29, 1.82) is 0 Å². The van der Waals surface area contributed by atoms with Gasteiger partial charge in [0.2, 0.25) is 0 Å². The number of hydrogen-bond acceptors (Lipinski definition) is 7. The number of nitrogens with one attached hydrogen (secondary N) is 3. The number of aromatic nitrogens is 1. The lowest BCUT2D eigenvalue weighted by atomic mass is 9.99. The van der Waals surface area contributed by atoms with Crippen LogP contribution < -0.4 is 20.7 Å². The first-order chi connectivity index (χ1) is 21.5. The summed E-state index contributed by atoms with van der Waals surface area (Å²) in [6.45, 7) is 7.41. The third-order valence-corrected chi connectivity index (χ3v) is 8.03. The lowest BCUT2D eigenvalue weighted by Crippen LogP contribution is -2.50. The summed E-state index contributed by atoms with van der Waals surface area (Å²) < 4.78 is 11.5. The molecule has 5 amide bonds. The molecule has 0 saturated heterocycles. The summed E-state index contributed by atoms with van der Waals surface area (Å²) in [6.07, 6.45) is -0.491. The Morgan fingerprint density at radius 2 is 1.84 bits per heavy atom. The molecule has 0 bridgehead atoms. The van der Waals surface area contributed by atoms with Gasteiger partial charge in [-0.1, -0.05) is 48.5 Å². The van der Waals surface area contributed by atoms with Crippen molar-refractivity contribution in [2.45, 2.75) is 39.8 Å². The molecule has 1 aromatic heterocycles. The summed E-state index contributed by atoms with van der Waals surface area (Å²) in [5.41, 5.74) is 2.29. The molecule has 0 unspecified atom stereocenters. The van der Waals surface area contributed by atoms with E-state index in [9.17, 15) is 19.5 Å². The van der Waals surface area contributed by atoms with Gasteiger partial charge in [-0.05, 0) is 50.4 Å². The number of aryl methyl sites for hydroxylation is 2. The average Bonchev–Trinajstić information content (AvgIpc) is 3.34. The number of amides is 5. The van der Waals surface area contributed by atoms with Gasteiger partial charge in [0.25, 0.3) is 5.91 Å². The van der Waals surface area contributed by atoms with E-state index in [2.05, 4.69) is 21.1 Å². The van der Waals surface area contributed by atoms with Gasteiger partial charge >= 0.3 is 12.1 Å². The molecule has 0 fully saturated rings. The standard InChI is InChI=1S/C33H38N6O6/c1-19-16-39(20(2)18-40)31(41)26-15-24(34-32(42)36-30-21(3)37-45-22(30)4)13-14-28(26)44-29(19)17-38(5)33(43)35-27-12-8-10-23-9-6-7-11-25(23)27/h6-15,19-20,29,40H,16-18H2,1-5H3,(H,35,43)(H2,34,36,42)/t19-,20-,29-/m1/s1. The highest BCUT2D eigenvalue weighted by atomic mass is 16.5. The van der Waals surface area contributed by atoms with Gasteiger partial charge in [-0.15, -0.1) is 0 Å². The van der Waals surface area contributed by atoms with Crippen LogP contribution in [0.15, 0.2) is 65.2 Å². The smallest absolute Gasteiger partial charge is 0.323 e. The average molecular weight is 615 g/mol. The molecule has 12 heteroatoms. The number of benzene rings is 3. The lowest BCUT2D eigenvalue weighted by molar-refractivity contribution is 0.0371. The number of carbonyl (C=O) groups is 3. The third kappa shape index (κ3) is 6.86. The number of fused-ring (bicyclic) bond motifs is 2. The molecule has 4 aromatic rings. The van der Waals surface area contributed by atoms with E-state index in [0.29, 0.717) is 34.3 Å². The number of carbonyl (C=O) groups excluding carboxylic acids is 3. The summed E-state index contributed by atoms with van der Waals surface area (Å²) in [6, 6.07) is 17.1. The summed E-state index contributed by atoms with van der Waals surface area (Å²) in [5, 5.41) is 24.2. The Kier molecular flexibility index (Phi) is 9.24. The van der Waals surface area contributed by atoms with E-state index in [4.69, 9.17) is 9.26 Å². The third-order valence-electron chi connectivity index (χ3n) is 8.03. The van der Waals surface area contributed by atoms with Crippen LogP contribution in [0.2, 0.25) is 0 Å². The van der Waals surface area contributed by atoms with Crippen LogP contribution in [0.1, 0.15) is 35.7 Å². The number of anilines is 3. The van der Waals surface area contributed by atoms with E-state index < -0.39 is 18.2 Å². The number of hydrogen-bond donors (Lipinski definition) is 4. The van der Waals surface area contributed by atoms with Gasteiger partial charge in [0, 0.05) is 30.6 Å². The number of ether oxygens (including phenoxy) is 1. The van der Waals surface area contributed by atoms with E-state index in [0.717, 1.165) is 10.8 Å². The van der Waals surface area contributed by atoms with Crippen molar-refractivity contribution in [2.24, 2.45) is 5.92 Å². The maximum atomic E-state index is 13.8. The predicted molar refractivity (Wildman–Crippen MR) is 172 cm³/mol. The van der Waals surface area contributed by atoms with E-state index in [1.807, 2.05) is 49.4 Å². The Hall–Kier alpha value is -5.10. The van der Waals surface area contributed by atoms with Crippen LogP contribution in [-0.4, -0.2) is 76.9 Å². The Morgan fingerprint density at radius 3 is 2.58 bits per heavy atom. The number of likely N-dealkylation sites (N-methyl/N-ethyl adjacent to an activating group) is 1. The lowest BCUT2D eigenvalue weighted by Gasteiger charge is -2.38. The minimum Gasteiger partial charge on any atom is -0.487 e. The molecule has 5 rings (SSSR count). The first-order valence-electron chi connectivity index (χ1n) is 14.8. The molecule has 0 aliphatic carbocycles. The highest BCUT2D eigenvalue weighted by Crippen LogP contribution is 2.31. The molecular formula is C33H38N6O6. The largest absolute Gasteiger partial charge is 0.487 e. The SMILES string of the molecule is Cc1noc(C)c1NC(=O)Nc1ccc2c(c1)C(=O)N([C@H](C)CO)C[C@@H](C)[C@@H](CN(C)C(=O)Nc1cccc3ccccc13)O2. The normalized spacial score (nSPS) is 17.0. The van der Waals surface area contributed by atoms with Crippen molar-refractivity contribution in [3.05, 3.63) is 77.7 Å². The van der Waals surface area contributed by atoms with Crippen molar-refractivity contribution in [1.82, 2.24) is 15.0 Å². The molecule has 0 spiro atoms. The zero-order valence-electron chi connectivity index (χ0n) is 26.0. The zero-order chi connectivity index (χ0) is 32.2. The zero-order valence-corrected chi connectivity index (χ0v) is 26.0. The van der Waals surface area contributed by atoms with Gasteiger partial charge in [-0.2, -0.15) is 0 Å². The number of aliphatic hydroxyl groups is 1. The van der Waals surface area contributed by atoms with Crippen LogP contribution in [0, 0.1) is 19.8 Å². The topological polar surface area (TPSA) is 149 Å². The minimum absolute atomic E-state index is 0.192. The molecule has 0 saturated carbocycles. The molecule has 0 radical (unpaired) electrons. The van der Waals surface area contributed by atoms with E-state index >= 15 is 0 Å². The van der Waals surface area contributed by atoms with Gasteiger partial charge in [0.15, 0.2) is 5.76 Å². The highest BCUT2D eigenvalue weighted by Gasteiger charge is 2.34. The van der Waals surface area contributed by atoms with Gasteiger partial charge in [0.1, 0.15) is 23.2 Å². The highest BCUT2D eigenvalue weighted by molar-refractivity contribution is 6.03. The Balaban J connectivity index is 1.36. The quantitative estimate of drug-likeness (QED) is 0.216. The second-order valence-corrected chi connectivity index (χ2v) is 11.4. The molecule has 1 aliphatic heterocycles. The Bertz CT molecular complexity index is 1700. The molecule has 4 N–H and O–H groups in total. The molecule has 2 heterocycles. The predicted octanol–water partition coefficient (Wildman–Crippen LogP) is 5.47.